The van der Waals surface area contributed by atoms with Crippen molar-refractivity contribution in [3.63, 3.8) is 0 Å². The zero-order valence-corrected chi connectivity index (χ0v) is 12.5. The molecular weight excluding hydrogens is 260 g/mol. The number of hydrogen-bond donors (Lipinski definition) is 1. The number of benzene rings is 1. The summed E-state index contributed by atoms with van der Waals surface area (Å²) in [5, 5.41) is 2.94. The van der Waals surface area contributed by atoms with Crippen molar-refractivity contribution in [1.82, 2.24) is 10.2 Å². The van der Waals surface area contributed by atoms with E-state index in [0.717, 1.165) is 19.4 Å². The van der Waals surface area contributed by atoms with Crippen LogP contribution < -0.4 is 5.32 Å². The van der Waals surface area contributed by atoms with Crippen LogP contribution in [0.4, 0.5) is 0 Å². The van der Waals surface area contributed by atoms with Crippen molar-refractivity contribution in [3.05, 3.63) is 35.9 Å². The molecule has 4 heteroatoms. The zero-order chi connectivity index (χ0) is 13.0. The molecule has 0 spiro atoms. The highest BCUT2D eigenvalue weighted by molar-refractivity contribution is 5.85. The van der Waals surface area contributed by atoms with Crippen molar-refractivity contribution < 1.29 is 4.79 Å². The molecule has 1 N–H and O–H groups in total. The summed E-state index contributed by atoms with van der Waals surface area (Å²) in [7, 11) is 1.82. The molecular formula is C15H23ClN2O. The number of amides is 1. The summed E-state index contributed by atoms with van der Waals surface area (Å²) in [6.07, 6.45) is 2.19. The lowest BCUT2D eigenvalue weighted by Crippen LogP contribution is -2.40. The maximum atomic E-state index is 11.9. The molecule has 1 aromatic rings. The number of likely N-dealkylation sites (N-methyl/N-ethyl adjacent to an activating group) is 1. The number of halogens is 1. The Hall–Kier alpha value is -1.06. The molecule has 0 aliphatic carbocycles. The molecule has 0 radical (unpaired) electrons. The number of rotatable bonds is 4. The molecule has 1 aliphatic rings. The number of carbonyl (C=O) groups is 1. The zero-order valence-electron chi connectivity index (χ0n) is 11.6. The standard InChI is InChI=1S/C15H22N2O.ClH/c1-12-14(10-13-6-4-3-5-7-13)8-9-17(12)15(18)11-16-2;/h3-7,12,14,16H,8-11H2,1-2H3;1H. The van der Waals surface area contributed by atoms with Gasteiger partial charge in [0.25, 0.3) is 0 Å². The van der Waals surface area contributed by atoms with Gasteiger partial charge in [-0.3, -0.25) is 4.79 Å². The molecule has 0 aromatic heterocycles. The van der Waals surface area contributed by atoms with Crippen LogP contribution >= 0.6 is 12.4 Å². The minimum Gasteiger partial charge on any atom is -0.339 e. The quantitative estimate of drug-likeness (QED) is 0.917. The summed E-state index contributed by atoms with van der Waals surface area (Å²) in [5.74, 6) is 0.814. The van der Waals surface area contributed by atoms with Gasteiger partial charge in [-0.15, -0.1) is 12.4 Å². The lowest BCUT2D eigenvalue weighted by Gasteiger charge is -2.25. The average molecular weight is 283 g/mol. The molecule has 1 aromatic carbocycles. The molecule has 2 rings (SSSR count). The van der Waals surface area contributed by atoms with E-state index in [9.17, 15) is 4.79 Å². The van der Waals surface area contributed by atoms with Gasteiger partial charge in [0.1, 0.15) is 0 Å². The number of nitrogens with one attached hydrogen (secondary N) is 1. The van der Waals surface area contributed by atoms with Crippen molar-refractivity contribution in [1.29, 1.82) is 0 Å². The van der Waals surface area contributed by atoms with Gasteiger partial charge >= 0.3 is 0 Å². The van der Waals surface area contributed by atoms with Gasteiger partial charge in [-0.25, -0.2) is 0 Å². The second kappa shape index (κ2) is 7.51. The van der Waals surface area contributed by atoms with E-state index in [4.69, 9.17) is 0 Å². The van der Waals surface area contributed by atoms with Crippen LogP contribution in [0, 0.1) is 5.92 Å². The van der Waals surface area contributed by atoms with Gasteiger partial charge in [-0.2, -0.15) is 0 Å². The van der Waals surface area contributed by atoms with Gasteiger partial charge in [-0.1, -0.05) is 30.3 Å². The normalized spacial score (nSPS) is 22.1. The fourth-order valence-electron chi connectivity index (χ4n) is 2.80. The summed E-state index contributed by atoms with van der Waals surface area (Å²) in [6.45, 7) is 3.52. The molecule has 0 bridgehead atoms. The highest BCUT2D eigenvalue weighted by Gasteiger charge is 2.33. The highest BCUT2D eigenvalue weighted by Crippen LogP contribution is 2.27. The largest absolute Gasteiger partial charge is 0.339 e. The van der Waals surface area contributed by atoms with E-state index in [2.05, 4.69) is 36.5 Å². The first-order chi connectivity index (χ1) is 8.72. The number of carbonyl (C=O) groups excluding carboxylic acids is 1. The van der Waals surface area contributed by atoms with Crippen LogP contribution in [0.25, 0.3) is 0 Å². The Morgan fingerprint density at radius 1 is 1.37 bits per heavy atom. The highest BCUT2D eigenvalue weighted by atomic mass is 35.5. The van der Waals surface area contributed by atoms with Crippen molar-refractivity contribution in [3.8, 4) is 0 Å². The maximum Gasteiger partial charge on any atom is 0.236 e. The van der Waals surface area contributed by atoms with Crippen molar-refractivity contribution in [2.75, 3.05) is 20.1 Å². The molecule has 2 atom stereocenters. The molecule has 1 aliphatic heterocycles. The van der Waals surface area contributed by atoms with E-state index >= 15 is 0 Å². The molecule has 19 heavy (non-hydrogen) atoms. The fraction of sp³-hybridized carbons (Fsp3) is 0.533. The van der Waals surface area contributed by atoms with Gasteiger partial charge in [0.2, 0.25) is 5.91 Å². The van der Waals surface area contributed by atoms with E-state index in [0.29, 0.717) is 18.5 Å². The minimum atomic E-state index is 0. The number of hydrogen-bond acceptors (Lipinski definition) is 2. The van der Waals surface area contributed by atoms with Gasteiger partial charge < -0.3 is 10.2 Å². The summed E-state index contributed by atoms with van der Waals surface area (Å²) in [4.78, 5) is 13.9. The molecule has 106 valence electrons. The van der Waals surface area contributed by atoms with E-state index in [1.54, 1.807) is 0 Å². The second-order valence-corrected chi connectivity index (χ2v) is 5.10. The average Bonchev–Trinajstić information content (AvgIpc) is 2.73. The third kappa shape index (κ3) is 3.95. The van der Waals surface area contributed by atoms with E-state index in [1.165, 1.54) is 5.56 Å². The molecule has 1 fully saturated rings. The van der Waals surface area contributed by atoms with E-state index < -0.39 is 0 Å². The second-order valence-electron chi connectivity index (χ2n) is 5.10. The SMILES string of the molecule is CNCC(=O)N1CCC(Cc2ccccc2)C1C.Cl. The Labute approximate surface area is 121 Å². The smallest absolute Gasteiger partial charge is 0.236 e. The number of likely N-dealkylation sites (tertiary alicyclic amines) is 1. The first kappa shape index (κ1) is 16.0. The Kier molecular flexibility index (Phi) is 6.32. The third-order valence-corrected chi connectivity index (χ3v) is 3.90. The van der Waals surface area contributed by atoms with Crippen molar-refractivity contribution in [2.45, 2.75) is 25.8 Å². The topological polar surface area (TPSA) is 32.3 Å². The molecule has 1 saturated heterocycles. The first-order valence-electron chi connectivity index (χ1n) is 6.70. The van der Waals surface area contributed by atoms with Crippen molar-refractivity contribution >= 4 is 18.3 Å². The molecule has 1 heterocycles. The summed E-state index contributed by atoms with van der Waals surface area (Å²) in [5.41, 5.74) is 1.37. The Morgan fingerprint density at radius 3 is 2.68 bits per heavy atom. The van der Waals surface area contributed by atoms with Crippen LogP contribution in [0.1, 0.15) is 18.9 Å². The monoisotopic (exact) mass is 282 g/mol. The van der Waals surface area contributed by atoms with Crippen LogP contribution in [0.3, 0.4) is 0 Å². The number of nitrogens with zero attached hydrogens (tertiary/aromatic N) is 1. The van der Waals surface area contributed by atoms with Gasteiger partial charge in [0, 0.05) is 12.6 Å². The lowest BCUT2D eigenvalue weighted by atomic mass is 9.93. The Morgan fingerprint density at radius 2 is 2.05 bits per heavy atom. The first-order valence-corrected chi connectivity index (χ1v) is 6.70. The van der Waals surface area contributed by atoms with Gasteiger partial charge in [0.05, 0.1) is 6.54 Å². The molecule has 0 saturated carbocycles. The third-order valence-electron chi connectivity index (χ3n) is 3.90. The van der Waals surface area contributed by atoms with Crippen LogP contribution in [0.5, 0.6) is 0 Å². The fourth-order valence-corrected chi connectivity index (χ4v) is 2.80. The lowest BCUT2D eigenvalue weighted by molar-refractivity contribution is -0.130. The summed E-state index contributed by atoms with van der Waals surface area (Å²) in [6, 6.07) is 10.9. The molecule has 3 nitrogen and oxygen atoms in total. The minimum absolute atomic E-state index is 0. The summed E-state index contributed by atoms with van der Waals surface area (Å²) < 4.78 is 0. The predicted molar refractivity (Wildman–Crippen MR) is 80.6 cm³/mol. The van der Waals surface area contributed by atoms with Gasteiger partial charge in [0.15, 0.2) is 0 Å². The maximum absolute atomic E-state index is 11.9. The predicted octanol–water partition coefficient (Wildman–Crippen LogP) is 2.11. The molecule has 1 amide bonds. The Bertz CT molecular complexity index is 396. The van der Waals surface area contributed by atoms with Gasteiger partial charge in [-0.05, 0) is 38.3 Å². The van der Waals surface area contributed by atoms with Crippen LogP contribution in [-0.2, 0) is 11.2 Å². The Balaban J connectivity index is 0.00000180. The van der Waals surface area contributed by atoms with E-state index in [-0.39, 0.29) is 18.3 Å². The van der Waals surface area contributed by atoms with Crippen molar-refractivity contribution in [2.24, 2.45) is 5.92 Å². The van der Waals surface area contributed by atoms with Crippen LogP contribution in [-0.4, -0.2) is 37.0 Å². The van der Waals surface area contributed by atoms with E-state index in [1.807, 2.05) is 18.0 Å². The van der Waals surface area contributed by atoms with Crippen LogP contribution in [0.2, 0.25) is 0 Å². The van der Waals surface area contributed by atoms with Crippen LogP contribution in [0.15, 0.2) is 30.3 Å². The summed E-state index contributed by atoms with van der Waals surface area (Å²) >= 11 is 0. The molecule has 2 unspecified atom stereocenters.